The SMILES string of the molecule is CCN(CC)S(=O)(=O)c1ccc(C(C)NCc2ccc(Cl)cc2)cc1. The van der Waals surface area contributed by atoms with Gasteiger partial charge >= 0.3 is 0 Å². The minimum absolute atomic E-state index is 0.112. The molecule has 0 aliphatic heterocycles. The summed E-state index contributed by atoms with van der Waals surface area (Å²) in [4.78, 5) is 0.338. The average molecular weight is 381 g/mol. The number of benzene rings is 2. The highest BCUT2D eigenvalue weighted by Gasteiger charge is 2.21. The summed E-state index contributed by atoms with van der Waals surface area (Å²) in [5.41, 5.74) is 2.20. The van der Waals surface area contributed by atoms with Crippen molar-refractivity contribution in [2.45, 2.75) is 38.3 Å². The fourth-order valence-electron chi connectivity index (χ4n) is 2.63. The highest BCUT2D eigenvalue weighted by molar-refractivity contribution is 7.89. The van der Waals surface area contributed by atoms with Crippen molar-refractivity contribution in [2.24, 2.45) is 0 Å². The van der Waals surface area contributed by atoms with Crippen LogP contribution in [0.25, 0.3) is 0 Å². The first kappa shape index (κ1) is 19.9. The Balaban J connectivity index is 2.04. The zero-order valence-corrected chi connectivity index (χ0v) is 16.4. The summed E-state index contributed by atoms with van der Waals surface area (Å²) in [7, 11) is -3.40. The lowest BCUT2D eigenvalue weighted by atomic mass is 10.1. The Hall–Kier alpha value is -1.40. The summed E-state index contributed by atoms with van der Waals surface area (Å²) >= 11 is 5.89. The quantitative estimate of drug-likeness (QED) is 0.745. The smallest absolute Gasteiger partial charge is 0.243 e. The molecule has 4 nitrogen and oxygen atoms in total. The van der Waals surface area contributed by atoms with E-state index in [1.807, 2.05) is 50.2 Å². The third-order valence-corrected chi connectivity index (χ3v) is 6.57. The normalized spacial score (nSPS) is 13.2. The Bertz CT molecular complexity index is 770. The van der Waals surface area contributed by atoms with Gasteiger partial charge in [0.15, 0.2) is 0 Å². The molecule has 2 rings (SSSR count). The number of nitrogens with zero attached hydrogens (tertiary/aromatic N) is 1. The fraction of sp³-hybridized carbons (Fsp3) is 0.368. The molecule has 1 unspecified atom stereocenters. The molecule has 0 aromatic heterocycles. The molecule has 136 valence electrons. The number of hydrogen-bond acceptors (Lipinski definition) is 3. The highest BCUT2D eigenvalue weighted by Crippen LogP contribution is 2.20. The molecule has 0 radical (unpaired) electrons. The van der Waals surface area contributed by atoms with Crippen LogP contribution in [-0.2, 0) is 16.6 Å². The number of hydrogen-bond donors (Lipinski definition) is 1. The second kappa shape index (κ2) is 8.81. The van der Waals surface area contributed by atoms with E-state index in [2.05, 4.69) is 12.2 Å². The van der Waals surface area contributed by atoms with Gasteiger partial charge in [0.2, 0.25) is 10.0 Å². The van der Waals surface area contributed by atoms with Crippen LogP contribution in [0.15, 0.2) is 53.4 Å². The zero-order chi connectivity index (χ0) is 18.4. The summed E-state index contributed by atoms with van der Waals surface area (Å²) in [6.07, 6.45) is 0. The van der Waals surface area contributed by atoms with Crippen LogP contribution in [0.2, 0.25) is 5.02 Å². The van der Waals surface area contributed by atoms with E-state index in [4.69, 9.17) is 11.6 Å². The van der Waals surface area contributed by atoms with Crippen molar-refractivity contribution in [1.29, 1.82) is 0 Å². The molecule has 1 atom stereocenters. The van der Waals surface area contributed by atoms with Crippen molar-refractivity contribution >= 4 is 21.6 Å². The van der Waals surface area contributed by atoms with Gasteiger partial charge in [0.1, 0.15) is 0 Å². The van der Waals surface area contributed by atoms with Crippen molar-refractivity contribution in [3.63, 3.8) is 0 Å². The molecule has 1 N–H and O–H groups in total. The molecule has 0 aliphatic carbocycles. The maximum atomic E-state index is 12.5. The van der Waals surface area contributed by atoms with Gasteiger partial charge in [-0.25, -0.2) is 8.42 Å². The van der Waals surface area contributed by atoms with Crippen LogP contribution in [-0.4, -0.2) is 25.8 Å². The van der Waals surface area contributed by atoms with Crippen molar-refractivity contribution < 1.29 is 8.42 Å². The van der Waals surface area contributed by atoms with Crippen molar-refractivity contribution in [2.75, 3.05) is 13.1 Å². The van der Waals surface area contributed by atoms with Gasteiger partial charge in [0, 0.05) is 30.7 Å². The largest absolute Gasteiger partial charge is 0.306 e. The molecule has 0 heterocycles. The molecule has 0 saturated heterocycles. The minimum atomic E-state index is -3.40. The van der Waals surface area contributed by atoms with E-state index in [9.17, 15) is 8.42 Å². The molecule has 0 spiro atoms. The van der Waals surface area contributed by atoms with Crippen molar-refractivity contribution in [3.8, 4) is 0 Å². The molecule has 0 aliphatic rings. The first-order valence-electron chi connectivity index (χ1n) is 8.46. The van der Waals surface area contributed by atoms with E-state index >= 15 is 0 Å². The molecule has 2 aromatic carbocycles. The van der Waals surface area contributed by atoms with Gasteiger partial charge in [-0.2, -0.15) is 4.31 Å². The standard InChI is InChI=1S/C19H25ClN2O2S/c1-4-22(5-2)25(23,24)19-12-8-17(9-13-19)15(3)21-14-16-6-10-18(20)11-7-16/h6-13,15,21H,4-5,14H2,1-3H3. The Kier molecular flexibility index (Phi) is 7.02. The second-order valence-corrected chi connectivity index (χ2v) is 8.26. The lowest BCUT2D eigenvalue weighted by Crippen LogP contribution is -2.30. The molecule has 6 heteroatoms. The van der Waals surface area contributed by atoms with E-state index in [1.165, 1.54) is 4.31 Å². The number of sulfonamides is 1. The van der Waals surface area contributed by atoms with E-state index in [1.54, 1.807) is 12.1 Å². The third kappa shape index (κ3) is 5.05. The van der Waals surface area contributed by atoms with Gasteiger partial charge in [0.25, 0.3) is 0 Å². The molecule has 0 fully saturated rings. The summed E-state index contributed by atoms with van der Waals surface area (Å²) in [6, 6.07) is 14.9. The molecule has 25 heavy (non-hydrogen) atoms. The van der Waals surface area contributed by atoms with Crippen LogP contribution >= 0.6 is 11.6 Å². The summed E-state index contributed by atoms with van der Waals surface area (Å²) in [6.45, 7) is 7.41. The Morgan fingerprint density at radius 1 is 1.00 bits per heavy atom. The topological polar surface area (TPSA) is 49.4 Å². The van der Waals surface area contributed by atoms with E-state index in [0.717, 1.165) is 22.7 Å². The van der Waals surface area contributed by atoms with Crippen LogP contribution in [0.1, 0.15) is 37.9 Å². The van der Waals surface area contributed by atoms with E-state index in [0.29, 0.717) is 18.0 Å². The van der Waals surface area contributed by atoms with E-state index in [-0.39, 0.29) is 6.04 Å². The van der Waals surface area contributed by atoms with Crippen LogP contribution in [0, 0.1) is 0 Å². The second-order valence-electron chi connectivity index (χ2n) is 5.89. The Morgan fingerprint density at radius 3 is 2.08 bits per heavy atom. The summed E-state index contributed by atoms with van der Waals surface area (Å²) in [5, 5.41) is 4.16. The molecule has 0 bridgehead atoms. The number of halogens is 1. The molecule has 2 aromatic rings. The first-order valence-corrected chi connectivity index (χ1v) is 10.3. The van der Waals surface area contributed by atoms with Gasteiger partial charge in [-0.15, -0.1) is 0 Å². The maximum Gasteiger partial charge on any atom is 0.243 e. The number of rotatable bonds is 8. The molecule has 0 amide bonds. The van der Waals surface area contributed by atoms with Gasteiger partial charge in [-0.05, 0) is 42.3 Å². The lowest BCUT2D eigenvalue weighted by molar-refractivity contribution is 0.445. The highest BCUT2D eigenvalue weighted by atomic mass is 35.5. The van der Waals surface area contributed by atoms with Gasteiger partial charge < -0.3 is 5.32 Å². The summed E-state index contributed by atoms with van der Waals surface area (Å²) in [5.74, 6) is 0. The van der Waals surface area contributed by atoms with Gasteiger partial charge in [-0.1, -0.05) is 49.7 Å². The van der Waals surface area contributed by atoms with Crippen molar-refractivity contribution in [3.05, 3.63) is 64.7 Å². The third-order valence-electron chi connectivity index (χ3n) is 4.25. The van der Waals surface area contributed by atoms with Gasteiger partial charge in [0.05, 0.1) is 4.90 Å². The molecule has 0 saturated carbocycles. The van der Waals surface area contributed by atoms with Crippen molar-refractivity contribution in [1.82, 2.24) is 9.62 Å². The Labute approximate surface area is 155 Å². The lowest BCUT2D eigenvalue weighted by Gasteiger charge is -2.19. The zero-order valence-electron chi connectivity index (χ0n) is 14.9. The summed E-state index contributed by atoms with van der Waals surface area (Å²) < 4.78 is 26.5. The van der Waals surface area contributed by atoms with Crippen LogP contribution < -0.4 is 5.32 Å². The minimum Gasteiger partial charge on any atom is -0.306 e. The Morgan fingerprint density at radius 2 is 1.56 bits per heavy atom. The first-order chi connectivity index (χ1) is 11.9. The van der Waals surface area contributed by atoms with Crippen LogP contribution in [0.3, 0.4) is 0 Å². The van der Waals surface area contributed by atoms with E-state index < -0.39 is 10.0 Å². The predicted molar refractivity (Wildman–Crippen MR) is 103 cm³/mol. The fourth-order valence-corrected chi connectivity index (χ4v) is 4.22. The predicted octanol–water partition coefficient (Wildman–Crippen LogP) is 4.22. The molecular weight excluding hydrogens is 356 g/mol. The average Bonchev–Trinajstić information content (AvgIpc) is 2.62. The van der Waals surface area contributed by atoms with Gasteiger partial charge in [-0.3, -0.25) is 0 Å². The van der Waals surface area contributed by atoms with Crippen LogP contribution in [0.4, 0.5) is 0 Å². The molecular formula is C19H25ClN2O2S. The van der Waals surface area contributed by atoms with Crippen LogP contribution in [0.5, 0.6) is 0 Å². The number of nitrogens with one attached hydrogen (secondary N) is 1. The maximum absolute atomic E-state index is 12.5. The monoisotopic (exact) mass is 380 g/mol.